The van der Waals surface area contributed by atoms with E-state index < -0.39 is 0 Å². The Labute approximate surface area is 108 Å². The molecule has 0 bridgehead atoms. The van der Waals surface area contributed by atoms with Gasteiger partial charge in [0.25, 0.3) is 0 Å². The first-order valence-corrected chi connectivity index (χ1v) is 6.30. The van der Waals surface area contributed by atoms with Crippen LogP contribution in [0.25, 0.3) is 0 Å². The average molecular weight is 248 g/mol. The van der Waals surface area contributed by atoms with E-state index in [9.17, 15) is 4.79 Å². The third-order valence-electron chi connectivity index (χ3n) is 2.45. The van der Waals surface area contributed by atoms with Crippen molar-refractivity contribution in [2.75, 3.05) is 6.61 Å². The minimum absolute atomic E-state index is 0.209. The molecule has 1 aromatic carbocycles. The summed E-state index contributed by atoms with van der Waals surface area (Å²) in [5.41, 5.74) is 0.569. The van der Waals surface area contributed by atoms with Crippen LogP contribution in [0, 0.1) is 0 Å². The van der Waals surface area contributed by atoms with E-state index in [1.165, 1.54) is 0 Å². The van der Waals surface area contributed by atoms with Gasteiger partial charge in [0.2, 0.25) is 0 Å². The molecule has 1 aromatic rings. The highest BCUT2D eigenvalue weighted by molar-refractivity contribution is 5.89. The fourth-order valence-corrected chi connectivity index (χ4v) is 1.36. The summed E-state index contributed by atoms with van der Waals surface area (Å²) in [5, 5.41) is 0. The third-order valence-corrected chi connectivity index (χ3v) is 2.45. The maximum Gasteiger partial charge on any atom is 0.338 e. The SMILES string of the molecule is CC/C=C\OC[C@@H](CC)OC(=O)c1ccccc1. The molecule has 1 atom stereocenters. The maximum absolute atomic E-state index is 11.8. The van der Waals surface area contributed by atoms with Gasteiger partial charge in [0.05, 0.1) is 11.8 Å². The molecule has 0 saturated carbocycles. The molecule has 0 fully saturated rings. The summed E-state index contributed by atoms with van der Waals surface area (Å²) in [7, 11) is 0. The van der Waals surface area contributed by atoms with Gasteiger partial charge in [-0.1, -0.05) is 38.1 Å². The summed E-state index contributed by atoms with van der Waals surface area (Å²) in [6.07, 6.45) is 5.03. The molecule has 3 nitrogen and oxygen atoms in total. The van der Waals surface area contributed by atoms with Crippen molar-refractivity contribution in [1.82, 2.24) is 0 Å². The summed E-state index contributed by atoms with van der Waals surface area (Å²) in [5.74, 6) is -0.300. The van der Waals surface area contributed by atoms with Gasteiger partial charge in [0.1, 0.15) is 12.7 Å². The van der Waals surface area contributed by atoms with E-state index in [0.29, 0.717) is 12.2 Å². The highest BCUT2D eigenvalue weighted by Crippen LogP contribution is 2.07. The van der Waals surface area contributed by atoms with E-state index in [1.807, 2.05) is 38.1 Å². The van der Waals surface area contributed by atoms with Crippen LogP contribution < -0.4 is 0 Å². The quantitative estimate of drug-likeness (QED) is 0.546. The van der Waals surface area contributed by atoms with E-state index in [4.69, 9.17) is 9.47 Å². The predicted molar refractivity (Wildman–Crippen MR) is 71.3 cm³/mol. The summed E-state index contributed by atoms with van der Waals surface area (Å²) >= 11 is 0. The zero-order valence-electron chi connectivity index (χ0n) is 11.0. The molecular weight excluding hydrogens is 228 g/mol. The minimum Gasteiger partial charge on any atom is -0.498 e. The van der Waals surface area contributed by atoms with Crippen molar-refractivity contribution in [3.8, 4) is 0 Å². The highest BCUT2D eigenvalue weighted by Gasteiger charge is 2.14. The Morgan fingerprint density at radius 3 is 2.61 bits per heavy atom. The Morgan fingerprint density at radius 2 is 2.00 bits per heavy atom. The zero-order chi connectivity index (χ0) is 13.2. The van der Waals surface area contributed by atoms with Crippen molar-refractivity contribution in [2.45, 2.75) is 32.8 Å². The molecule has 3 heteroatoms. The van der Waals surface area contributed by atoms with Crippen LogP contribution >= 0.6 is 0 Å². The molecule has 0 N–H and O–H groups in total. The van der Waals surface area contributed by atoms with Gasteiger partial charge in [0, 0.05) is 0 Å². The van der Waals surface area contributed by atoms with Crippen molar-refractivity contribution in [1.29, 1.82) is 0 Å². The van der Waals surface area contributed by atoms with Gasteiger partial charge in [-0.05, 0) is 25.0 Å². The van der Waals surface area contributed by atoms with Gasteiger partial charge >= 0.3 is 5.97 Å². The van der Waals surface area contributed by atoms with Crippen LogP contribution in [-0.4, -0.2) is 18.7 Å². The van der Waals surface area contributed by atoms with Crippen molar-refractivity contribution < 1.29 is 14.3 Å². The molecule has 0 aromatic heterocycles. The van der Waals surface area contributed by atoms with Gasteiger partial charge in [0.15, 0.2) is 0 Å². The molecule has 0 aliphatic rings. The third kappa shape index (κ3) is 5.04. The molecule has 1 rings (SSSR count). The summed E-state index contributed by atoms with van der Waals surface area (Å²) in [6, 6.07) is 8.99. The molecular formula is C15H20O3. The van der Waals surface area contributed by atoms with Crippen LogP contribution in [-0.2, 0) is 9.47 Å². The molecule has 0 heterocycles. The minimum atomic E-state index is -0.300. The van der Waals surface area contributed by atoms with Gasteiger partial charge in [-0.15, -0.1) is 0 Å². The standard InChI is InChI=1S/C15H20O3/c1-3-5-11-17-12-14(4-2)18-15(16)13-9-7-6-8-10-13/h5-11,14H,3-4,12H2,1-2H3/b11-5-/t14-/m1/s1. The number of rotatable bonds is 7. The first-order valence-electron chi connectivity index (χ1n) is 6.30. The molecule has 0 radical (unpaired) electrons. The van der Waals surface area contributed by atoms with Gasteiger partial charge < -0.3 is 9.47 Å². The maximum atomic E-state index is 11.8. The smallest absolute Gasteiger partial charge is 0.338 e. The highest BCUT2D eigenvalue weighted by atomic mass is 16.6. The largest absolute Gasteiger partial charge is 0.498 e. The molecule has 0 amide bonds. The molecule has 0 aliphatic heterocycles. The van der Waals surface area contributed by atoms with Crippen molar-refractivity contribution in [3.05, 3.63) is 48.2 Å². The van der Waals surface area contributed by atoms with E-state index in [1.54, 1.807) is 18.4 Å². The second kappa shape index (κ2) is 8.34. The van der Waals surface area contributed by atoms with Crippen molar-refractivity contribution in [3.63, 3.8) is 0 Å². The van der Waals surface area contributed by atoms with Gasteiger partial charge in [-0.25, -0.2) is 4.79 Å². The normalized spacial score (nSPS) is 12.3. The van der Waals surface area contributed by atoms with Crippen molar-refractivity contribution in [2.24, 2.45) is 0 Å². The monoisotopic (exact) mass is 248 g/mol. The Bertz CT molecular complexity index is 371. The molecule has 0 unspecified atom stereocenters. The van der Waals surface area contributed by atoms with Crippen molar-refractivity contribution >= 4 is 5.97 Å². The number of hydrogen-bond acceptors (Lipinski definition) is 3. The molecule has 0 spiro atoms. The average Bonchev–Trinajstić information content (AvgIpc) is 2.43. The van der Waals surface area contributed by atoms with Crippen LogP contribution in [0.15, 0.2) is 42.7 Å². The number of carbonyl (C=O) groups is 1. The second-order valence-corrected chi connectivity index (χ2v) is 3.91. The van der Waals surface area contributed by atoms with Crippen LogP contribution in [0.1, 0.15) is 37.0 Å². The number of benzene rings is 1. The van der Waals surface area contributed by atoms with Crippen LogP contribution in [0.3, 0.4) is 0 Å². The van der Waals surface area contributed by atoms with E-state index >= 15 is 0 Å². The van der Waals surface area contributed by atoms with Crippen LogP contribution in [0.4, 0.5) is 0 Å². The fraction of sp³-hybridized carbons (Fsp3) is 0.400. The second-order valence-electron chi connectivity index (χ2n) is 3.91. The number of esters is 1. The topological polar surface area (TPSA) is 35.5 Å². The Balaban J connectivity index is 2.43. The molecule has 0 aliphatic carbocycles. The van der Waals surface area contributed by atoms with Gasteiger partial charge in [-0.3, -0.25) is 0 Å². The molecule has 18 heavy (non-hydrogen) atoms. The lowest BCUT2D eigenvalue weighted by Gasteiger charge is -2.15. The number of carbonyl (C=O) groups excluding carboxylic acids is 1. The van der Waals surface area contributed by atoms with Gasteiger partial charge in [-0.2, -0.15) is 0 Å². The summed E-state index contributed by atoms with van der Waals surface area (Å²) < 4.78 is 10.7. The summed E-state index contributed by atoms with van der Waals surface area (Å²) in [6.45, 7) is 4.40. The van der Waals surface area contributed by atoms with E-state index in [0.717, 1.165) is 12.8 Å². The van der Waals surface area contributed by atoms with E-state index in [2.05, 4.69) is 0 Å². The lowest BCUT2D eigenvalue weighted by Crippen LogP contribution is -2.22. The lowest BCUT2D eigenvalue weighted by molar-refractivity contribution is 0.0105. The van der Waals surface area contributed by atoms with Crippen LogP contribution in [0.2, 0.25) is 0 Å². The first-order chi connectivity index (χ1) is 8.77. The number of hydrogen-bond donors (Lipinski definition) is 0. The predicted octanol–water partition coefficient (Wildman–Crippen LogP) is 3.56. The first kappa shape index (κ1) is 14.3. The Hall–Kier alpha value is -1.77. The number of allylic oxidation sites excluding steroid dienone is 1. The fourth-order valence-electron chi connectivity index (χ4n) is 1.36. The van der Waals surface area contributed by atoms with Crippen LogP contribution in [0.5, 0.6) is 0 Å². The number of ether oxygens (including phenoxy) is 2. The van der Waals surface area contributed by atoms with E-state index in [-0.39, 0.29) is 12.1 Å². The molecule has 0 saturated heterocycles. The summed E-state index contributed by atoms with van der Waals surface area (Å²) in [4.78, 5) is 11.8. The molecule has 98 valence electrons. The Kier molecular flexibility index (Phi) is 6.62. The zero-order valence-corrected chi connectivity index (χ0v) is 11.0. The lowest BCUT2D eigenvalue weighted by atomic mass is 10.2. The Morgan fingerprint density at radius 1 is 1.28 bits per heavy atom.